The van der Waals surface area contributed by atoms with Crippen LogP contribution >= 0.6 is 27.5 Å². The molecule has 2 aromatic carbocycles. The number of nitrogens with one attached hydrogen (secondary N) is 1. The Morgan fingerprint density at radius 2 is 1.96 bits per heavy atom. The van der Waals surface area contributed by atoms with Gasteiger partial charge < -0.3 is 10.1 Å². The summed E-state index contributed by atoms with van der Waals surface area (Å²) in [6, 6.07) is 7.31. The highest BCUT2D eigenvalue weighted by Crippen LogP contribution is 2.31. The van der Waals surface area contributed by atoms with Crippen molar-refractivity contribution in [2.45, 2.75) is 13.0 Å². The molecule has 1 N–H and O–H groups in total. The van der Waals surface area contributed by atoms with Gasteiger partial charge in [-0.05, 0) is 43.3 Å². The first kappa shape index (κ1) is 21.5. The fourth-order valence-corrected chi connectivity index (χ4v) is 4.18. The predicted molar refractivity (Wildman–Crippen MR) is 108 cm³/mol. The van der Waals surface area contributed by atoms with E-state index >= 15 is 0 Å². The van der Waals surface area contributed by atoms with Crippen molar-refractivity contribution in [2.75, 3.05) is 23.0 Å². The van der Waals surface area contributed by atoms with Gasteiger partial charge in [-0.15, -0.1) is 0 Å². The molecule has 0 aliphatic heterocycles. The summed E-state index contributed by atoms with van der Waals surface area (Å²) in [6.07, 6.45) is 0.967. The standard InChI is InChI=1S/C17H17BrClFN2O4S/c1-10(17(23)21-15-6-4-11(18)8-14(15)20)22(27(3,24)25)12-5-7-16(26-2)13(19)9-12/h4-10H,1-3H3,(H,21,23)/t10-/m1/s1. The van der Waals surface area contributed by atoms with E-state index in [9.17, 15) is 17.6 Å². The topological polar surface area (TPSA) is 75.7 Å². The molecule has 10 heteroatoms. The van der Waals surface area contributed by atoms with Crippen LogP contribution in [-0.4, -0.2) is 33.7 Å². The number of halogens is 3. The molecule has 0 saturated heterocycles. The summed E-state index contributed by atoms with van der Waals surface area (Å²) < 4.78 is 45.0. The van der Waals surface area contributed by atoms with Crippen molar-refractivity contribution >= 4 is 54.8 Å². The number of anilines is 2. The van der Waals surface area contributed by atoms with Crippen LogP contribution in [0.15, 0.2) is 40.9 Å². The lowest BCUT2D eigenvalue weighted by Crippen LogP contribution is -2.45. The third-order valence-electron chi connectivity index (χ3n) is 3.67. The third-order valence-corrected chi connectivity index (χ3v) is 5.70. The quantitative estimate of drug-likeness (QED) is 0.678. The van der Waals surface area contributed by atoms with Gasteiger partial charge in [0.1, 0.15) is 17.6 Å². The molecule has 1 amide bonds. The molecule has 0 unspecified atom stereocenters. The Morgan fingerprint density at radius 1 is 1.30 bits per heavy atom. The highest BCUT2D eigenvalue weighted by molar-refractivity contribution is 9.10. The molecule has 146 valence electrons. The van der Waals surface area contributed by atoms with Gasteiger partial charge in [-0.2, -0.15) is 0 Å². The highest BCUT2D eigenvalue weighted by Gasteiger charge is 2.30. The van der Waals surface area contributed by atoms with Crippen LogP contribution in [0.3, 0.4) is 0 Å². The lowest BCUT2D eigenvalue weighted by molar-refractivity contribution is -0.116. The second-order valence-corrected chi connectivity index (χ2v) is 8.85. The minimum Gasteiger partial charge on any atom is -0.495 e. The van der Waals surface area contributed by atoms with Crippen LogP contribution in [0.4, 0.5) is 15.8 Å². The van der Waals surface area contributed by atoms with Crippen molar-refractivity contribution in [1.82, 2.24) is 0 Å². The van der Waals surface area contributed by atoms with E-state index in [4.69, 9.17) is 16.3 Å². The normalized spacial score (nSPS) is 12.4. The molecule has 0 aliphatic carbocycles. The molecule has 0 bridgehead atoms. The first-order valence-electron chi connectivity index (χ1n) is 7.63. The van der Waals surface area contributed by atoms with Gasteiger partial charge in [0, 0.05) is 4.47 Å². The predicted octanol–water partition coefficient (Wildman–Crippen LogP) is 4.04. The van der Waals surface area contributed by atoms with E-state index in [0.29, 0.717) is 10.2 Å². The summed E-state index contributed by atoms with van der Waals surface area (Å²) in [5.74, 6) is -0.986. The van der Waals surface area contributed by atoms with Crippen LogP contribution in [0.5, 0.6) is 5.75 Å². The molecule has 0 radical (unpaired) electrons. The highest BCUT2D eigenvalue weighted by atomic mass is 79.9. The number of hydrogen-bond acceptors (Lipinski definition) is 4. The summed E-state index contributed by atoms with van der Waals surface area (Å²) in [5.41, 5.74) is 0.124. The van der Waals surface area contributed by atoms with Crippen LogP contribution in [0, 0.1) is 5.82 Å². The zero-order valence-electron chi connectivity index (χ0n) is 14.7. The van der Waals surface area contributed by atoms with Crippen LogP contribution in [0.25, 0.3) is 0 Å². The van der Waals surface area contributed by atoms with Crippen LogP contribution in [0.2, 0.25) is 5.02 Å². The first-order chi connectivity index (χ1) is 12.5. The van der Waals surface area contributed by atoms with Gasteiger partial charge in [-0.3, -0.25) is 9.10 Å². The molecule has 0 aromatic heterocycles. The first-order valence-corrected chi connectivity index (χ1v) is 10.7. The van der Waals surface area contributed by atoms with Gasteiger partial charge >= 0.3 is 0 Å². The van der Waals surface area contributed by atoms with Crippen molar-refractivity contribution < 1.29 is 22.3 Å². The summed E-state index contributed by atoms with van der Waals surface area (Å²) in [7, 11) is -2.41. The van der Waals surface area contributed by atoms with E-state index in [0.717, 1.165) is 10.6 Å². The molecule has 2 aromatic rings. The molecule has 0 heterocycles. The maximum atomic E-state index is 14.0. The molecular formula is C17H17BrClFN2O4S. The van der Waals surface area contributed by atoms with Gasteiger partial charge in [-0.25, -0.2) is 12.8 Å². The summed E-state index contributed by atoms with van der Waals surface area (Å²) >= 11 is 9.20. The molecule has 6 nitrogen and oxygen atoms in total. The molecule has 0 saturated carbocycles. The molecule has 2 rings (SSSR count). The van der Waals surface area contributed by atoms with Gasteiger partial charge in [0.05, 0.1) is 29.8 Å². The summed E-state index contributed by atoms with van der Waals surface area (Å²) in [4.78, 5) is 12.6. The van der Waals surface area contributed by atoms with Gasteiger partial charge in [0.25, 0.3) is 0 Å². The SMILES string of the molecule is COc1ccc(N([C@H](C)C(=O)Nc2ccc(Br)cc2F)S(C)(=O)=O)cc1Cl. The van der Waals surface area contributed by atoms with Crippen molar-refractivity contribution in [1.29, 1.82) is 0 Å². The van der Waals surface area contributed by atoms with Crippen molar-refractivity contribution in [3.63, 3.8) is 0 Å². The van der Waals surface area contributed by atoms with E-state index in [1.165, 1.54) is 44.4 Å². The summed E-state index contributed by atoms with van der Waals surface area (Å²) in [6.45, 7) is 1.39. The fourth-order valence-electron chi connectivity index (χ4n) is 2.43. The van der Waals surface area contributed by atoms with Gasteiger partial charge in [0.15, 0.2) is 0 Å². The molecule has 1 atom stereocenters. The Balaban J connectivity index is 2.36. The number of rotatable bonds is 6. The number of methoxy groups -OCH3 is 1. The van der Waals surface area contributed by atoms with Crippen molar-refractivity contribution in [2.24, 2.45) is 0 Å². The number of hydrogen-bond donors (Lipinski definition) is 1. The van der Waals surface area contributed by atoms with Gasteiger partial charge in [-0.1, -0.05) is 27.5 Å². The van der Waals surface area contributed by atoms with Crippen molar-refractivity contribution in [3.8, 4) is 5.75 Å². The number of nitrogens with zero attached hydrogens (tertiary/aromatic N) is 1. The zero-order valence-corrected chi connectivity index (χ0v) is 17.8. The largest absolute Gasteiger partial charge is 0.495 e. The minimum atomic E-state index is -3.84. The van der Waals surface area contributed by atoms with Gasteiger partial charge in [0.2, 0.25) is 15.9 Å². The van der Waals surface area contributed by atoms with Crippen LogP contribution in [0.1, 0.15) is 6.92 Å². The second-order valence-electron chi connectivity index (χ2n) is 5.67. The summed E-state index contributed by atoms with van der Waals surface area (Å²) in [5, 5.41) is 2.59. The third kappa shape index (κ3) is 5.12. The Hall–Kier alpha value is -1.84. The number of amides is 1. The monoisotopic (exact) mass is 478 g/mol. The molecule has 27 heavy (non-hydrogen) atoms. The molecule has 0 spiro atoms. The lowest BCUT2D eigenvalue weighted by atomic mass is 10.2. The van der Waals surface area contributed by atoms with Crippen molar-refractivity contribution in [3.05, 3.63) is 51.7 Å². The Bertz CT molecular complexity index is 971. The number of carbonyl (C=O) groups excluding carboxylic acids is 1. The Kier molecular flexibility index (Phi) is 6.72. The Labute approximate surface area is 170 Å². The average Bonchev–Trinajstić information content (AvgIpc) is 2.56. The van der Waals surface area contributed by atoms with Crippen LogP contribution in [-0.2, 0) is 14.8 Å². The van der Waals surface area contributed by atoms with E-state index in [1.54, 1.807) is 6.07 Å². The van der Waals surface area contributed by atoms with E-state index in [-0.39, 0.29) is 16.4 Å². The van der Waals surface area contributed by atoms with E-state index in [1.807, 2.05) is 0 Å². The molecule has 0 fully saturated rings. The second kappa shape index (κ2) is 8.45. The lowest BCUT2D eigenvalue weighted by Gasteiger charge is -2.28. The minimum absolute atomic E-state index is 0.0590. The fraction of sp³-hybridized carbons (Fsp3) is 0.235. The molecule has 0 aliphatic rings. The molecular weight excluding hydrogens is 463 g/mol. The number of sulfonamides is 1. The van der Waals surface area contributed by atoms with E-state index in [2.05, 4.69) is 21.2 Å². The zero-order chi connectivity index (χ0) is 20.4. The Morgan fingerprint density at radius 3 is 2.48 bits per heavy atom. The maximum Gasteiger partial charge on any atom is 0.248 e. The number of carbonyl (C=O) groups is 1. The number of benzene rings is 2. The van der Waals surface area contributed by atoms with E-state index < -0.39 is 27.8 Å². The smallest absolute Gasteiger partial charge is 0.248 e. The maximum absolute atomic E-state index is 14.0. The van der Waals surface area contributed by atoms with Crippen LogP contribution < -0.4 is 14.4 Å². The average molecular weight is 480 g/mol. The number of ether oxygens (including phenoxy) is 1.